The van der Waals surface area contributed by atoms with Gasteiger partial charge in [-0.15, -0.1) is 0 Å². The topological polar surface area (TPSA) is 54.5 Å². The van der Waals surface area contributed by atoms with Crippen LogP contribution in [0.1, 0.15) is 17.5 Å². The van der Waals surface area contributed by atoms with Crippen molar-refractivity contribution in [1.29, 1.82) is 0 Å². The van der Waals surface area contributed by atoms with E-state index < -0.39 is 0 Å². The van der Waals surface area contributed by atoms with Gasteiger partial charge in [-0.05, 0) is 24.1 Å². The summed E-state index contributed by atoms with van der Waals surface area (Å²) in [5, 5.41) is 2.87. The van der Waals surface area contributed by atoms with Gasteiger partial charge in [-0.3, -0.25) is 9.69 Å². The third-order valence-corrected chi connectivity index (χ3v) is 4.15. The minimum atomic E-state index is -0.0773. The van der Waals surface area contributed by atoms with Crippen LogP contribution < -0.4 is 5.32 Å². The fourth-order valence-corrected chi connectivity index (χ4v) is 2.90. The van der Waals surface area contributed by atoms with Crippen LogP contribution in [0.3, 0.4) is 0 Å². The van der Waals surface area contributed by atoms with Gasteiger partial charge in [0.2, 0.25) is 5.91 Å². The van der Waals surface area contributed by atoms with E-state index in [0.717, 1.165) is 25.2 Å². The van der Waals surface area contributed by atoms with Crippen LogP contribution in [0.2, 0.25) is 0 Å². The second kappa shape index (κ2) is 8.04. The van der Waals surface area contributed by atoms with E-state index in [0.29, 0.717) is 18.8 Å². The molecule has 2 heterocycles. The van der Waals surface area contributed by atoms with Crippen LogP contribution in [0.4, 0.5) is 5.82 Å². The SMILES string of the molecule is Cc1cccnc1NC(=O)CC1CN(Cc2ccccc2)CCO1. The molecule has 1 saturated heterocycles. The summed E-state index contributed by atoms with van der Waals surface area (Å²) in [6.45, 7) is 5.15. The molecule has 2 aromatic rings. The summed E-state index contributed by atoms with van der Waals surface area (Å²) in [5.74, 6) is 0.572. The molecule has 1 aliphatic rings. The van der Waals surface area contributed by atoms with Gasteiger partial charge in [0.1, 0.15) is 5.82 Å². The molecule has 0 aliphatic carbocycles. The summed E-state index contributed by atoms with van der Waals surface area (Å²) in [7, 11) is 0. The smallest absolute Gasteiger partial charge is 0.228 e. The third kappa shape index (κ3) is 4.63. The number of rotatable bonds is 5. The molecule has 24 heavy (non-hydrogen) atoms. The molecule has 0 spiro atoms. The van der Waals surface area contributed by atoms with Crippen molar-refractivity contribution >= 4 is 11.7 Å². The minimum absolute atomic E-state index is 0.0524. The summed E-state index contributed by atoms with van der Waals surface area (Å²) in [5.41, 5.74) is 2.24. The maximum Gasteiger partial charge on any atom is 0.228 e. The molecule has 5 nitrogen and oxygen atoms in total. The highest BCUT2D eigenvalue weighted by molar-refractivity contribution is 5.90. The number of ether oxygens (including phenoxy) is 1. The Morgan fingerprint density at radius 2 is 2.12 bits per heavy atom. The second-order valence-corrected chi connectivity index (χ2v) is 6.13. The molecule has 1 aromatic carbocycles. The predicted molar refractivity (Wildman–Crippen MR) is 93.7 cm³/mol. The van der Waals surface area contributed by atoms with E-state index in [2.05, 4.69) is 39.5 Å². The number of pyridine rings is 1. The minimum Gasteiger partial charge on any atom is -0.375 e. The Morgan fingerprint density at radius 3 is 2.92 bits per heavy atom. The third-order valence-electron chi connectivity index (χ3n) is 4.15. The lowest BCUT2D eigenvalue weighted by molar-refractivity contribution is -0.121. The van der Waals surface area contributed by atoms with Crippen LogP contribution in [0.5, 0.6) is 0 Å². The van der Waals surface area contributed by atoms with Crippen LogP contribution in [-0.4, -0.2) is 41.6 Å². The van der Waals surface area contributed by atoms with E-state index in [1.165, 1.54) is 5.56 Å². The summed E-state index contributed by atoms with van der Waals surface area (Å²) in [4.78, 5) is 18.8. The zero-order valence-corrected chi connectivity index (χ0v) is 13.9. The molecule has 1 fully saturated rings. The van der Waals surface area contributed by atoms with Gasteiger partial charge in [0, 0.05) is 25.8 Å². The molecule has 0 bridgehead atoms. The molecular weight excluding hydrogens is 302 g/mol. The quantitative estimate of drug-likeness (QED) is 0.918. The first-order valence-electron chi connectivity index (χ1n) is 8.30. The Bertz CT molecular complexity index is 675. The molecule has 0 saturated carbocycles. The summed E-state index contributed by atoms with van der Waals surface area (Å²) in [6.07, 6.45) is 1.95. The average Bonchev–Trinajstić information content (AvgIpc) is 2.58. The largest absolute Gasteiger partial charge is 0.375 e. The van der Waals surface area contributed by atoms with E-state index >= 15 is 0 Å². The maximum absolute atomic E-state index is 12.2. The first kappa shape index (κ1) is 16.6. The van der Waals surface area contributed by atoms with Gasteiger partial charge in [-0.25, -0.2) is 4.98 Å². The molecule has 5 heteroatoms. The van der Waals surface area contributed by atoms with Crippen molar-refractivity contribution in [2.75, 3.05) is 25.0 Å². The molecule has 3 rings (SSSR count). The lowest BCUT2D eigenvalue weighted by Crippen LogP contribution is -2.43. The van der Waals surface area contributed by atoms with Gasteiger partial charge >= 0.3 is 0 Å². The zero-order valence-electron chi connectivity index (χ0n) is 13.9. The number of anilines is 1. The molecule has 1 N–H and O–H groups in total. The molecule has 1 atom stereocenters. The number of nitrogens with one attached hydrogen (secondary N) is 1. The number of benzene rings is 1. The van der Waals surface area contributed by atoms with Crippen LogP contribution >= 0.6 is 0 Å². The molecule has 0 radical (unpaired) electrons. The maximum atomic E-state index is 12.2. The predicted octanol–water partition coefficient (Wildman–Crippen LogP) is 2.62. The van der Waals surface area contributed by atoms with Crippen molar-refractivity contribution in [3.63, 3.8) is 0 Å². The van der Waals surface area contributed by atoms with Crippen molar-refractivity contribution in [3.05, 3.63) is 59.8 Å². The van der Waals surface area contributed by atoms with Gasteiger partial charge in [-0.2, -0.15) is 0 Å². The normalized spacial score (nSPS) is 18.3. The van der Waals surface area contributed by atoms with Crippen LogP contribution in [-0.2, 0) is 16.1 Å². The second-order valence-electron chi connectivity index (χ2n) is 6.13. The number of hydrogen-bond acceptors (Lipinski definition) is 4. The van der Waals surface area contributed by atoms with Crippen molar-refractivity contribution in [2.45, 2.75) is 26.0 Å². The Kier molecular flexibility index (Phi) is 5.56. The Hall–Kier alpha value is -2.24. The first-order chi connectivity index (χ1) is 11.7. The van der Waals surface area contributed by atoms with E-state index in [1.807, 2.05) is 25.1 Å². The van der Waals surface area contributed by atoms with E-state index in [9.17, 15) is 4.79 Å². The van der Waals surface area contributed by atoms with E-state index in [-0.39, 0.29) is 12.0 Å². The number of amides is 1. The highest BCUT2D eigenvalue weighted by Gasteiger charge is 2.23. The van der Waals surface area contributed by atoms with Crippen LogP contribution in [0.15, 0.2) is 48.7 Å². The molecule has 1 aromatic heterocycles. The number of hydrogen-bond donors (Lipinski definition) is 1. The van der Waals surface area contributed by atoms with Crippen molar-refractivity contribution in [2.24, 2.45) is 0 Å². The van der Waals surface area contributed by atoms with E-state index in [1.54, 1.807) is 6.20 Å². The highest BCUT2D eigenvalue weighted by atomic mass is 16.5. The fraction of sp³-hybridized carbons (Fsp3) is 0.368. The van der Waals surface area contributed by atoms with Gasteiger partial charge < -0.3 is 10.1 Å². The summed E-state index contributed by atoms with van der Waals surface area (Å²) < 4.78 is 5.76. The number of morpholine rings is 1. The van der Waals surface area contributed by atoms with Gasteiger partial charge in [0.05, 0.1) is 19.1 Å². The van der Waals surface area contributed by atoms with Crippen molar-refractivity contribution in [1.82, 2.24) is 9.88 Å². The average molecular weight is 325 g/mol. The summed E-state index contributed by atoms with van der Waals surface area (Å²) in [6, 6.07) is 14.2. The summed E-state index contributed by atoms with van der Waals surface area (Å²) >= 11 is 0. The lowest BCUT2D eigenvalue weighted by Gasteiger charge is -2.32. The Balaban J connectivity index is 1.51. The van der Waals surface area contributed by atoms with Gasteiger partial charge in [0.25, 0.3) is 0 Å². The highest BCUT2D eigenvalue weighted by Crippen LogP contribution is 2.14. The fourth-order valence-electron chi connectivity index (χ4n) is 2.90. The number of aryl methyl sites for hydroxylation is 1. The van der Waals surface area contributed by atoms with Crippen LogP contribution in [0.25, 0.3) is 0 Å². The number of carbonyl (C=O) groups excluding carboxylic acids is 1. The molecule has 126 valence electrons. The monoisotopic (exact) mass is 325 g/mol. The number of carbonyl (C=O) groups is 1. The standard InChI is InChI=1S/C19H23N3O2/c1-15-6-5-9-20-19(15)21-18(23)12-17-14-22(10-11-24-17)13-16-7-3-2-4-8-16/h2-9,17H,10-14H2,1H3,(H,20,21,23). The zero-order chi connectivity index (χ0) is 16.8. The van der Waals surface area contributed by atoms with Gasteiger partial charge in [-0.1, -0.05) is 36.4 Å². The van der Waals surface area contributed by atoms with Crippen molar-refractivity contribution < 1.29 is 9.53 Å². The van der Waals surface area contributed by atoms with Gasteiger partial charge in [0.15, 0.2) is 0 Å². The van der Waals surface area contributed by atoms with Crippen molar-refractivity contribution in [3.8, 4) is 0 Å². The first-order valence-corrected chi connectivity index (χ1v) is 8.30. The molecule has 1 aliphatic heterocycles. The lowest BCUT2D eigenvalue weighted by atomic mass is 10.1. The number of aromatic nitrogens is 1. The molecule has 1 unspecified atom stereocenters. The Labute approximate surface area is 142 Å². The number of nitrogens with zero attached hydrogens (tertiary/aromatic N) is 2. The molecule has 1 amide bonds. The van der Waals surface area contributed by atoms with E-state index in [4.69, 9.17) is 4.74 Å². The van der Waals surface area contributed by atoms with Crippen LogP contribution in [0, 0.1) is 6.92 Å². The Morgan fingerprint density at radius 1 is 1.29 bits per heavy atom. The molecular formula is C19H23N3O2.